The molecule has 1 N–H and O–H groups in total. The molecule has 0 atom stereocenters. The van der Waals surface area contributed by atoms with Crippen molar-refractivity contribution in [3.05, 3.63) is 27.8 Å². The predicted molar refractivity (Wildman–Crippen MR) is 75.9 cm³/mol. The highest BCUT2D eigenvalue weighted by atomic mass is 16.6. The summed E-state index contributed by atoms with van der Waals surface area (Å²) >= 11 is 0. The lowest BCUT2D eigenvalue weighted by Crippen LogP contribution is -2.13. The Bertz CT molecular complexity index is 583. The molecule has 0 saturated carbocycles. The number of carbonyl (C=O) groups is 2. The minimum Gasteiger partial charge on any atom is -0.504 e. The maximum absolute atomic E-state index is 11.7. The van der Waals surface area contributed by atoms with Crippen LogP contribution >= 0.6 is 0 Å². The molecule has 0 radical (unpaired) electrons. The zero-order valence-corrected chi connectivity index (χ0v) is 12.3. The Morgan fingerprint density at radius 1 is 1.32 bits per heavy atom. The standard InChI is InChI=1S/C14H17NO7/c1-3-4-5-6-11(17)22-13-10(16)8-7-9(15(19)20)12(13)14(18)21-2/h7-8,16H,3-6H2,1-2H3. The van der Waals surface area contributed by atoms with E-state index in [2.05, 4.69) is 4.74 Å². The molecule has 0 aliphatic rings. The number of carbonyl (C=O) groups excluding carboxylic acids is 2. The number of nitro benzene ring substituents is 1. The molecule has 1 aromatic rings. The van der Waals surface area contributed by atoms with Gasteiger partial charge in [-0.05, 0) is 12.5 Å². The number of rotatable bonds is 7. The highest BCUT2D eigenvalue weighted by molar-refractivity contribution is 5.98. The summed E-state index contributed by atoms with van der Waals surface area (Å²) in [6.45, 7) is 1.97. The summed E-state index contributed by atoms with van der Waals surface area (Å²) in [6, 6.07) is 1.93. The molecule has 8 nitrogen and oxygen atoms in total. The van der Waals surface area contributed by atoms with Crippen molar-refractivity contribution in [3.63, 3.8) is 0 Å². The number of methoxy groups -OCH3 is 1. The van der Waals surface area contributed by atoms with Gasteiger partial charge in [-0.2, -0.15) is 0 Å². The van der Waals surface area contributed by atoms with Gasteiger partial charge in [0, 0.05) is 12.5 Å². The number of aromatic hydroxyl groups is 1. The second-order valence-corrected chi connectivity index (χ2v) is 4.49. The van der Waals surface area contributed by atoms with Crippen LogP contribution in [-0.4, -0.2) is 29.1 Å². The van der Waals surface area contributed by atoms with Gasteiger partial charge in [0.2, 0.25) is 0 Å². The fourth-order valence-corrected chi connectivity index (χ4v) is 1.80. The van der Waals surface area contributed by atoms with E-state index in [-0.39, 0.29) is 6.42 Å². The topological polar surface area (TPSA) is 116 Å². The van der Waals surface area contributed by atoms with Gasteiger partial charge in [-0.1, -0.05) is 19.8 Å². The quantitative estimate of drug-likeness (QED) is 0.270. The molecule has 1 aromatic carbocycles. The van der Waals surface area contributed by atoms with Crippen molar-refractivity contribution in [3.8, 4) is 11.5 Å². The zero-order valence-electron chi connectivity index (χ0n) is 12.3. The van der Waals surface area contributed by atoms with E-state index in [1.807, 2.05) is 6.92 Å². The molecule has 0 aliphatic heterocycles. The minimum absolute atomic E-state index is 0.0799. The van der Waals surface area contributed by atoms with Crippen LogP contribution in [0, 0.1) is 10.1 Å². The van der Waals surface area contributed by atoms with Crippen LogP contribution < -0.4 is 4.74 Å². The normalized spacial score (nSPS) is 10.1. The molecule has 0 aliphatic carbocycles. The molecule has 0 fully saturated rings. The molecule has 0 amide bonds. The first-order valence-electron chi connectivity index (χ1n) is 6.71. The molecule has 22 heavy (non-hydrogen) atoms. The maximum Gasteiger partial charge on any atom is 0.348 e. The molecule has 0 bridgehead atoms. The summed E-state index contributed by atoms with van der Waals surface area (Å²) in [4.78, 5) is 33.6. The summed E-state index contributed by atoms with van der Waals surface area (Å²) in [5, 5.41) is 20.7. The lowest BCUT2D eigenvalue weighted by atomic mass is 10.1. The number of hydrogen-bond donors (Lipinski definition) is 1. The summed E-state index contributed by atoms with van der Waals surface area (Å²) in [6.07, 6.45) is 2.39. The number of phenols is 1. The monoisotopic (exact) mass is 311 g/mol. The van der Waals surface area contributed by atoms with Crippen LogP contribution in [0.4, 0.5) is 5.69 Å². The second-order valence-electron chi connectivity index (χ2n) is 4.49. The fraction of sp³-hybridized carbons (Fsp3) is 0.429. The van der Waals surface area contributed by atoms with Crippen molar-refractivity contribution >= 4 is 17.6 Å². The third-order valence-electron chi connectivity index (χ3n) is 2.90. The predicted octanol–water partition coefficient (Wildman–Crippen LogP) is 2.57. The summed E-state index contributed by atoms with van der Waals surface area (Å²) < 4.78 is 9.40. The van der Waals surface area contributed by atoms with Gasteiger partial charge in [-0.15, -0.1) is 0 Å². The lowest BCUT2D eigenvalue weighted by molar-refractivity contribution is -0.385. The fourth-order valence-electron chi connectivity index (χ4n) is 1.80. The minimum atomic E-state index is -1.07. The molecule has 0 spiro atoms. The van der Waals surface area contributed by atoms with E-state index in [0.717, 1.165) is 32.1 Å². The van der Waals surface area contributed by atoms with Crippen LogP contribution in [0.5, 0.6) is 11.5 Å². The zero-order chi connectivity index (χ0) is 16.7. The average molecular weight is 311 g/mol. The SMILES string of the molecule is CCCCCC(=O)Oc1c(O)ccc([N+](=O)[O-])c1C(=O)OC. The number of hydrogen-bond acceptors (Lipinski definition) is 7. The van der Waals surface area contributed by atoms with Crippen molar-refractivity contribution in [2.45, 2.75) is 32.6 Å². The molecule has 0 aromatic heterocycles. The first-order valence-corrected chi connectivity index (χ1v) is 6.71. The number of esters is 2. The molecular weight excluding hydrogens is 294 g/mol. The number of unbranched alkanes of at least 4 members (excludes halogenated alkanes) is 2. The molecule has 0 unspecified atom stereocenters. The number of ether oxygens (including phenoxy) is 2. The molecular formula is C14H17NO7. The van der Waals surface area contributed by atoms with E-state index >= 15 is 0 Å². The van der Waals surface area contributed by atoms with Gasteiger partial charge in [0.15, 0.2) is 17.1 Å². The van der Waals surface area contributed by atoms with Crippen molar-refractivity contribution in [1.29, 1.82) is 0 Å². The van der Waals surface area contributed by atoms with Gasteiger partial charge in [0.05, 0.1) is 12.0 Å². The summed E-state index contributed by atoms with van der Waals surface area (Å²) in [5.41, 5.74) is -1.20. The van der Waals surface area contributed by atoms with E-state index in [1.54, 1.807) is 0 Å². The Hall–Kier alpha value is -2.64. The molecule has 0 heterocycles. The van der Waals surface area contributed by atoms with Crippen molar-refractivity contribution in [2.75, 3.05) is 7.11 Å². The Morgan fingerprint density at radius 3 is 2.55 bits per heavy atom. The Labute approximate surface area is 126 Å². The third kappa shape index (κ3) is 4.18. The Kier molecular flexibility index (Phi) is 6.30. The van der Waals surface area contributed by atoms with E-state index in [0.29, 0.717) is 6.42 Å². The molecule has 1 rings (SSSR count). The van der Waals surface area contributed by atoms with Gasteiger partial charge in [-0.3, -0.25) is 14.9 Å². The Morgan fingerprint density at radius 2 is 2.00 bits per heavy atom. The molecule has 120 valence electrons. The maximum atomic E-state index is 11.7. The summed E-state index contributed by atoms with van der Waals surface area (Å²) in [5.74, 6) is -2.86. The van der Waals surface area contributed by atoms with Crippen molar-refractivity contribution in [2.24, 2.45) is 0 Å². The van der Waals surface area contributed by atoms with Crippen LogP contribution in [-0.2, 0) is 9.53 Å². The van der Waals surface area contributed by atoms with Crippen LogP contribution in [0.15, 0.2) is 12.1 Å². The average Bonchev–Trinajstić information content (AvgIpc) is 2.48. The van der Waals surface area contributed by atoms with Gasteiger partial charge in [0.25, 0.3) is 5.69 Å². The van der Waals surface area contributed by atoms with E-state index in [1.165, 1.54) is 0 Å². The second kappa shape index (κ2) is 7.96. The first kappa shape index (κ1) is 17.4. The van der Waals surface area contributed by atoms with Gasteiger partial charge in [0.1, 0.15) is 0 Å². The smallest absolute Gasteiger partial charge is 0.348 e. The van der Waals surface area contributed by atoms with E-state index in [9.17, 15) is 24.8 Å². The molecule has 0 saturated heterocycles. The summed E-state index contributed by atoms with van der Waals surface area (Å²) in [7, 11) is 1.03. The first-order chi connectivity index (χ1) is 10.4. The Balaban J connectivity index is 3.16. The van der Waals surface area contributed by atoms with Crippen LogP contribution in [0.25, 0.3) is 0 Å². The highest BCUT2D eigenvalue weighted by Gasteiger charge is 2.30. The molecule has 8 heteroatoms. The van der Waals surface area contributed by atoms with Crippen molar-refractivity contribution < 1.29 is 29.1 Å². The van der Waals surface area contributed by atoms with Gasteiger partial charge < -0.3 is 14.6 Å². The third-order valence-corrected chi connectivity index (χ3v) is 2.90. The number of nitrogens with zero attached hydrogens (tertiary/aromatic N) is 1. The largest absolute Gasteiger partial charge is 0.504 e. The van der Waals surface area contributed by atoms with Gasteiger partial charge >= 0.3 is 11.9 Å². The number of benzene rings is 1. The van der Waals surface area contributed by atoms with E-state index < -0.39 is 39.6 Å². The van der Waals surface area contributed by atoms with Crippen LogP contribution in [0.2, 0.25) is 0 Å². The number of phenolic OH excluding ortho intramolecular Hbond substituents is 1. The lowest BCUT2D eigenvalue weighted by Gasteiger charge is -2.10. The van der Waals surface area contributed by atoms with Crippen LogP contribution in [0.1, 0.15) is 43.0 Å². The van der Waals surface area contributed by atoms with Gasteiger partial charge in [-0.25, -0.2) is 4.79 Å². The van der Waals surface area contributed by atoms with Crippen LogP contribution in [0.3, 0.4) is 0 Å². The highest BCUT2D eigenvalue weighted by Crippen LogP contribution is 2.37. The van der Waals surface area contributed by atoms with E-state index in [4.69, 9.17) is 4.74 Å². The number of nitro groups is 1. The van der Waals surface area contributed by atoms with Crippen molar-refractivity contribution in [1.82, 2.24) is 0 Å².